The van der Waals surface area contributed by atoms with Crippen LogP contribution >= 0.6 is 0 Å². The van der Waals surface area contributed by atoms with E-state index in [-0.39, 0.29) is 0 Å². The molecule has 1 aromatic carbocycles. The van der Waals surface area contributed by atoms with Gasteiger partial charge in [0, 0.05) is 11.1 Å². The van der Waals surface area contributed by atoms with E-state index in [0.717, 1.165) is 23.9 Å². The molecule has 0 aliphatic carbocycles. The fraction of sp³-hybridized carbons (Fsp3) is 0.273. The van der Waals surface area contributed by atoms with Crippen molar-refractivity contribution in [2.45, 2.75) is 6.42 Å². The van der Waals surface area contributed by atoms with E-state index in [2.05, 4.69) is 16.4 Å². The van der Waals surface area contributed by atoms with Crippen molar-refractivity contribution in [1.29, 1.82) is 0 Å². The topological polar surface area (TPSA) is 68.3 Å². The molecular weight excluding hydrogens is 203 g/mol. The molecular formula is C11H15BN2O2. The number of likely N-dealkylation sites (N-methyl/N-ethyl adjacent to an activating group) is 1. The van der Waals surface area contributed by atoms with Crippen LogP contribution in [0.1, 0.15) is 5.56 Å². The minimum Gasteiger partial charge on any atom is -0.422 e. The molecule has 1 aromatic heterocycles. The van der Waals surface area contributed by atoms with Crippen molar-refractivity contribution >= 4 is 23.6 Å². The number of aromatic nitrogens is 1. The summed E-state index contributed by atoms with van der Waals surface area (Å²) in [6, 6.07) is 7.84. The van der Waals surface area contributed by atoms with Crippen molar-refractivity contribution < 1.29 is 10.0 Å². The Balaban J connectivity index is 2.30. The maximum absolute atomic E-state index is 9.05. The monoisotopic (exact) mass is 218 g/mol. The maximum atomic E-state index is 9.05. The van der Waals surface area contributed by atoms with Crippen molar-refractivity contribution in [2.24, 2.45) is 0 Å². The lowest BCUT2D eigenvalue weighted by Crippen LogP contribution is -2.30. The van der Waals surface area contributed by atoms with Gasteiger partial charge < -0.3 is 20.3 Å². The Labute approximate surface area is 94.4 Å². The third kappa shape index (κ3) is 2.27. The number of hydrogen-bond donors (Lipinski definition) is 4. The summed E-state index contributed by atoms with van der Waals surface area (Å²) >= 11 is 0. The van der Waals surface area contributed by atoms with E-state index in [1.807, 2.05) is 19.2 Å². The van der Waals surface area contributed by atoms with Crippen LogP contribution in [0.3, 0.4) is 0 Å². The molecule has 2 rings (SSSR count). The van der Waals surface area contributed by atoms with E-state index >= 15 is 0 Å². The van der Waals surface area contributed by atoms with Gasteiger partial charge in [-0.3, -0.25) is 0 Å². The summed E-state index contributed by atoms with van der Waals surface area (Å²) < 4.78 is 0. The molecule has 4 nitrogen and oxygen atoms in total. The zero-order chi connectivity index (χ0) is 11.5. The maximum Gasteiger partial charge on any atom is 0.505 e. The summed E-state index contributed by atoms with van der Waals surface area (Å²) in [5, 5.41) is 22.2. The standard InChI is InChI=1S/C11H15BN2O2/c1-13-5-4-8-2-3-10-9(6-8)7-11(14-10)12(15)16/h2-3,6-7,13-16H,4-5H2,1H3. The van der Waals surface area contributed by atoms with Gasteiger partial charge in [0.05, 0.1) is 0 Å². The fourth-order valence-corrected chi connectivity index (χ4v) is 1.77. The van der Waals surface area contributed by atoms with Gasteiger partial charge >= 0.3 is 7.12 Å². The molecule has 0 saturated heterocycles. The quantitative estimate of drug-likeness (QED) is 0.528. The summed E-state index contributed by atoms with van der Waals surface area (Å²) in [5.41, 5.74) is 2.59. The predicted octanol–water partition coefficient (Wildman–Crippen LogP) is -0.390. The van der Waals surface area contributed by atoms with Gasteiger partial charge in [-0.15, -0.1) is 0 Å². The highest BCUT2D eigenvalue weighted by Crippen LogP contribution is 2.13. The van der Waals surface area contributed by atoms with Crippen molar-refractivity contribution in [3.63, 3.8) is 0 Å². The number of fused-ring (bicyclic) bond motifs is 1. The van der Waals surface area contributed by atoms with Crippen molar-refractivity contribution in [1.82, 2.24) is 10.3 Å². The minimum atomic E-state index is -1.44. The molecule has 0 aliphatic rings. The largest absolute Gasteiger partial charge is 0.505 e. The molecule has 5 heteroatoms. The molecule has 0 fully saturated rings. The van der Waals surface area contributed by atoms with Crippen molar-refractivity contribution in [2.75, 3.05) is 13.6 Å². The van der Waals surface area contributed by atoms with Gasteiger partial charge in [0.15, 0.2) is 0 Å². The fourth-order valence-electron chi connectivity index (χ4n) is 1.77. The molecule has 0 aliphatic heterocycles. The lowest BCUT2D eigenvalue weighted by molar-refractivity contribution is 0.424. The molecule has 0 amide bonds. The molecule has 0 atom stereocenters. The first-order valence-electron chi connectivity index (χ1n) is 5.33. The van der Waals surface area contributed by atoms with E-state index in [9.17, 15) is 0 Å². The van der Waals surface area contributed by atoms with Crippen LogP contribution in [-0.2, 0) is 6.42 Å². The third-order valence-electron chi connectivity index (χ3n) is 2.65. The summed E-state index contributed by atoms with van der Waals surface area (Å²) in [5.74, 6) is 0. The van der Waals surface area contributed by atoms with Crippen LogP contribution in [0, 0.1) is 0 Å². The van der Waals surface area contributed by atoms with E-state index in [0.29, 0.717) is 5.59 Å². The molecule has 0 spiro atoms. The Hall–Kier alpha value is -1.30. The normalized spacial score (nSPS) is 10.9. The van der Waals surface area contributed by atoms with Gasteiger partial charge in [0.1, 0.15) is 0 Å². The van der Waals surface area contributed by atoms with E-state index in [1.54, 1.807) is 6.07 Å². The molecule has 0 radical (unpaired) electrons. The zero-order valence-electron chi connectivity index (χ0n) is 9.20. The molecule has 0 unspecified atom stereocenters. The number of nitrogens with one attached hydrogen (secondary N) is 2. The summed E-state index contributed by atoms with van der Waals surface area (Å²) in [4.78, 5) is 2.96. The van der Waals surface area contributed by atoms with Gasteiger partial charge in [-0.25, -0.2) is 0 Å². The molecule has 4 N–H and O–H groups in total. The second-order valence-corrected chi connectivity index (χ2v) is 3.87. The van der Waals surface area contributed by atoms with Crippen LogP contribution in [-0.4, -0.2) is 35.7 Å². The van der Waals surface area contributed by atoms with Crippen LogP contribution in [0.2, 0.25) is 0 Å². The number of benzene rings is 1. The lowest BCUT2D eigenvalue weighted by atomic mass is 9.86. The molecule has 1 heterocycles. The van der Waals surface area contributed by atoms with Crippen molar-refractivity contribution in [3.8, 4) is 0 Å². The Morgan fingerprint density at radius 3 is 2.81 bits per heavy atom. The van der Waals surface area contributed by atoms with E-state index in [4.69, 9.17) is 10.0 Å². The molecule has 0 saturated carbocycles. The smallest absolute Gasteiger partial charge is 0.422 e. The van der Waals surface area contributed by atoms with Gasteiger partial charge in [-0.2, -0.15) is 0 Å². The SMILES string of the molecule is CNCCc1ccc2[nH]c(B(O)O)cc2c1. The zero-order valence-corrected chi connectivity index (χ0v) is 9.20. The number of H-pyrrole nitrogens is 1. The first-order chi connectivity index (χ1) is 7.70. The summed E-state index contributed by atoms with van der Waals surface area (Å²) in [6.45, 7) is 0.936. The number of rotatable bonds is 4. The average Bonchev–Trinajstić information content (AvgIpc) is 2.69. The van der Waals surface area contributed by atoms with Crippen LogP contribution in [0.4, 0.5) is 0 Å². The first kappa shape index (κ1) is 11.2. The number of hydrogen-bond acceptors (Lipinski definition) is 3. The highest BCUT2D eigenvalue weighted by atomic mass is 16.4. The molecule has 2 aromatic rings. The van der Waals surface area contributed by atoms with Gasteiger partial charge in [-0.05, 0) is 49.2 Å². The van der Waals surface area contributed by atoms with Crippen LogP contribution in [0.25, 0.3) is 10.9 Å². The second kappa shape index (κ2) is 4.70. The Bertz CT molecular complexity index is 482. The van der Waals surface area contributed by atoms with Gasteiger partial charge in [-0.1, -0.05) is 6.07 Å². The Kier molecular flexibility index (Phi) is 3.29. The van der Waals surface area contributed by atoms with Crippen molar-refractivity contribution in [3.05, 3.63) is 29.8 Å². The number of aromatic amines is 1. The summed E-state index contributed by atoms with van der Waals surface area (Å²) in [7, 11) is 0.489. The molecule has 84 valence electrons. The Morgan fingerprint density at radius 2 is 2.12 bits per heavy atom. The van der Waals surface area contributed by atoms with Crippen LogP contribution < -0.4 is 10.9 Å². The van der Waals surface area contributed by atoms with Crippen LogP contribution in [0.15, 0.2) is 24.3 Å². The lowest BCUT2D eigenvalue weighted by Gasteiger charge is -2.00. The second-order valence-electron chi connectivity index (χ2n) is 3.87. The Morgan fingerprint density at radius 1 is 1.31 bits per heavy atom. The van der Waals surface area contributed by atoms with Gasteiger partial charge in [0.2, 0.25) is 0 Å². The third-order valence-corrected chi connectivity index (χ3v) is 2.65. The predicted molar refractivity (Wildman–Crippen MR) is 65.8 cm³/mol. The average molecular weight is 218 g/mol. The highest BCUT2D eigenvalue weighted by molar-refractivity contribution is 6.58. The van der Waals surface area contributed by atoms with E-state index < -0.39 is 7.12 Å². The minimum absolute atomic E-state index is 0.431. The summed E-state index contributed by atoms with van der Waals surface area (Å²) in [6.07, 6.45) is 0.967. The molecule has 0 bridgehead atoms. The van der Waals surface area contributed by atoms with Crippen LogP contribution in [0.5, 0.6) is 0 Å². The first-order valence-corrected chi connectivity index (χ1v) is 5.33. The molecule has 16 heavy (non-hydrogen) atoms. The van der Waals surface area contributed by atoms with Gasteiger partial charge in [0.25, 0.3) is 0 Å². The van der Waals surface area contributed by atoms with E-state index in [1.165, 1.54) is 5.56 Å². The highest BCUT2D eigenvalue weighted by Gasteiger charge is 2.13.